The molecule has 5 rings (SSSR count). The second-order valence-corrected chi connectivity index (χ2v) is 9.14. The zero-order chi connectivity index (χ0) is 27.5. The van der Waals surface area contributed by atoms with E-state index in [0.717, 1.165) is 11.0 Å². The van der Waals surface area contributed by atoms with E-state index < -0.39 is 76.0 Å². The molecule has 1 aliphatic heterocycles. The van der Waals surface area contributed by atoms with Crippen LogP contribution in [0.3, 0.4) is 0 Å². The Balaban J connectivity index is 1.70. The van der Waals surface area contributed by atoms with Crippen molar-refractivity contribution >= 4 is 28.9 Å². The number of rotatable bonds is 5. The number of nitrogens with zero attached hydrogens (tertiary/aromatic N) is 3. The lowest BCUT2D eigenvalue weighted by Crippen LogP contribution is -2.48. The molecule has 2 amide bonds. The molecule has 1 aromatic carbocycles. The first-order valence-corrected chi connectivity index (χ1v) is 11.4. The number of pyridine rings is 2. The Morgan fingerprint density at radius 2 is 1.79 bits per heavy atom. The lowest BCUT2D eigenvalue weighted by Gasteiger charge is -2.22. The minimum Gasteiger partial charge on any atom is -0.444 e. The maximum absolute atomic E-state index is 14.8. The van der Waals surface area contributed by atoms with Crippen LogP contribution < -0.4 is 15.6 Å². The average Bonchev–Trinajstić information content (AvgIpc) is 3.59. The van der Waals surface area contributed by atoms with Crippen molar-refractivity contribution in [1.29, 1.82) is 0 Å². The number of anilines is 1. The SMILES string of the molecule is CC1CN(c2ccc3c(=O)c(C(=O)N[C@@H](C4CC4)C(F)(F)F)cn(-c4c(F)cc(F)cc4F)c3n2)C(=O)O1. The van der Waals surface area contributed by atoms with Crippen LogP contribution in [0.4, 0.5) is 37.0 Å². The summed E-state index contributed by atoms with van der Waals surface area (Å²) in [5.74, 6) is -6.47. The fraction of sp³-hybridized carbons (Fsp3) is 0.333. The summed E-state index contributed by atoms with van der Waals surface area (Å²) >= 11 is 0. The van der Waals surface area contributed by atoms with Gasteiger partial charge in [0, 0.05) is 18.3 Å². The molecule has 3 heterocycles. The number of alkyl halides is 3. The summed E-state index contributed by atoms with van der Waals surface area (Å²) < 4.78 is 89.4. The largest absolute Gasteiger partial charge is 0.444 e. The maximum Gasteiger partial charge on any atom is 0.415 e. The van der Waals surface area contributed by atoms with Crippen LogP contribution in [0.1, 0.15) is 30.1 Å². The van der Waals surface area contributed by atoms with Crippen molar-refractivity contribution in [3.63, 3.8) is 0 Å². The summed E-state index contributed by atoms with van der Waals surface area (Å²) in [5.41, 5.74) is -3.29. The summed E-state index contributed by atoms with van der Waals surface area (Å²) in [5, 5.41) is 1.42. The molecule has 3 aromatic rings. The van der Waals surface area contributed by atoms with E-state index in [1.807, 2.05) is 5.32 Å². The molecule has 2 atom stereocenters. The molecule has 14 heteroatoms. The van der Waals surface area contributed by atoms with Gasteiger partial charge in [0.15, 0.2) is 17.3 Å². The molecule has 2 aromatic heterocycles. The van der Waals surface area contributed by atoms with Crippen LogP contribution in [0.2, 0.25) is 0 Å². The number of nitrogens with one attached hydrogen (secondary N) is 1. The lowest BCUT2D eigenvalue weighted by molar-refractivity contribution is -0.158. The summed E-state index contributed by atoms with van der Waals surface area (Å²) in [6.07, 6.45) is -4.98. The van der Waals surface area contributed by atoms with Crippen molar-refractivity contribution in [1.82, 2.24) is 14.9 Å². The molecule has 1 N–H and O–H groups in total. The third-order valence-corrected chi connectivity index (χ3v) is 6.27. The highest BCUT2D eigenvalue weighted by atomic mass is 19.4. The molecule has 1 saturated heterocycles. The number of cyclic esters (lactones) is 1. The Labute approximate surface area is 209 Å². The Kier molecular flexibility index (Phi) is 6.07. The summed E-state index contributed by atoms with van der Waals surface area (Å²) in [6, 6.07) is 0.804. The number of fused-ring (bicyclic) bond motifs is 1. The van der Waals surface area contributed by atoms with Crippen LogP contribution in [0.5, 0.6) is 0 Å². The number of carbonyl (C=O) groups excluding carboxylic acids is 2. The van der Waals surface area contributed by atoms with Gasteiger partial charge in [0.05, 0.1) is 11.9 Å². The summed E-state index contributed by atoms with van der Waals surface area (Å²) in [7, 11) is 0. The van der Waals surface area contributed by atoms with Gasteiger partial charge in [-0.15, -0.1) is 0 Å². The molecule has 1 unspecified atom stereocenters. The van der Waals surface area contributed by atoms with E-state index in [1.54, 1.807) is 6.92 Å². The first-order chi connectivity index (χ1) is 17.8. The molecular weight excluding hydrogens is 522 g/mol. The number of amides is 2. The second-order valence-electron chi connectivity index (χ2n) is 9.14. The molecule has 8 nitrogen and oxygen atoms in total. The number of hydrogen-bond acceptors (Lipinski definition) is 5. The predicted molar refractivity (Wildman–Crippen MR) is 121 cm³/mol. The molecular formula is C24H18F6N4O4. The average molecular weight is 540 g/mol. The Bertz CT molecular complexity index is 1510. The van der Waals surface area contributed by atoms with E-state index in [1.165, 1.54) is 6.07 Å². The minimum absolute atomic E-state index is 0.0639. The van der Waals surface area contributed by atoms with Crippen LogP contribution in [0, 0.1) is 23.4 Å². The quantitative estimate of drug-likeness (QED) is 0.490. The van der Waals surface area contributed by atoms with Gasteiger partial charge in [-0.3, -0.25) is 19.1 Å². The van der Waals surface area contributed by atoms with Gasteiger partial charge in [0.25, 0.3) is 5.91 Å². The van der Waals surface area contributed by atoms with Gasteiger partial charge in [-0.2, -0.15) is 13.2 Å². The van der Waals surface area contributed by atoms with Crippen LogP contribution in [-0.2, 0) is 4.74 Å². The van der Waals surface area contributed by atoms with Crippen LogP contribution in [0.25, 0.3) is 16.7 Å². The third kappa shape index (κ3) is 4.54. The normalized spacial score (nSPS) is 18.6. The smallest absolute Gasteiger partial charge is 0.415 e. The topological polar surface area (TPSA) is 93.5 Å². The summed E-state index contributed by atoms with van der Waals surface area (Å²) in [4.78, 5) is 43.5. The Hall–Kier alpha value is -4.10. The van der Waals surface area contributed by atoms with Crippen LogP contribution in [-0.4, -0.2) is 46.4 Å². The predicted octanol–water partition coefficient (Wildman–Crippen LogP) is 4.22. The van der Waals surface area contributed by atoms with Crippen LogP contribution in [0.15, 0.2) is 35.3 Å². The Morgan fingerprint density at radius 3 is 2.34 bits per heavy atom. The van der Waals surface area contributed by atoms with Gasteiger partial charge in [-0.05, 0) is 37.8 Å². The number of carbonyl (C=O) groups is 2. The van der Waals surface area contributed by atoms with E-state index in [4.69, 9.17) is 4.74 Å². The van der Waals surface area contributed by atoms with Crippen molar-refractivity contribution < 1.29 is 40.7 Å². The lowest BCUT2D eigenvalue weighted by atomic mass is 10.1. The highest BCUT2D eigenvalue weighted by Gasteiger charge is 2.50. The number of halogens is 6. The van der Waals surface area contributed by atoms with Crippen molar-refractivity contribution in [3.8, 4) is 5.69 Å². The molecule has 0 radical (unpaired) electrons. The fourth-order valence-corrected chi connectivity index (χ4v) is 4.35. The number of hydrogen-bond donors (Lipinski definition) is 1. The number of aromatic nitrogens is 2. The van der Waals surface area contributed by atoms with E-state index in [2.05, 4.69) is 4.98 Å². The zero-order valence-electron chi connectivity index (χ0n) is 19.5. The highest BCUT2D eigenvalue weighted by molar-refractivity contribution is 5.98. The Morgan fingerprint density at radius 1 is 1.13 bits per heavy atom. The molecule has 0 spiro atoms. The third-order valence-electron chi connectivity index (χ3n) is 6.27. The van der Waals surface area contributed by atoms with Crippen molar-refractivity contribution in [2.24, 2.45) is 5.92 Å². The molecule has 2 fully saturated rings. The van der Waals surface area contributed by atoms with Crippen molar-refractivity contribution in [3.05, 3.63) is 63.7 Å². The molecule has 1 aliphatic carbocycles. The van der Waals surface area contributed by atoms with Crippen molar-refractivity contribution in [2.75, 3.05) is 11.4 Å². The molecule has 200 valence electrons. The van der Waals surface area contributed by atoms with E-state index >= 15 is 0 Å². The zero-order valence-corrected chi connectivity index (χ0v) is 19.5. The molecule has 1 saturated carbocycles. The number of ether oxygens (including phenoxy) is 1. The summed E-state index contributed by atoms with van der Waals surface area (Å²) in [6.45, 7) is 1.68. The van der Waals surface area contributed by atoms with Gasteiger partial charge >= 0.3 is 12.3 Å². The van der Waals surface area contributed by atoms with Crippen molar-refractivity contribution in [2.45, 2.75) is 38.1 Å². The monoisotopic (exact) mass is 540 g/mol. The first kappa shape index (κ1) is 25.5. The second kappa shape index (κ2) is 9.03. The van der Waals surface area contributed by atoms with E-state index in [9.17, 15) is 40.7 Å². The maximum atomic E-state index is 14.8. The van der Waals surface area contributed by atoms with Gasteiger partial charge in [-0.1, -0.05) is 0 Å². The number of benzene rings is 1. The van der Waals surface area contributed by atoms with E-state index in [0.29, 0.717) is 22.9 Å². The van der Waals surface area contributed by atoms with Crippen LogP contribution >= 0.6 is 0 Å². The first-order valence-electron chi connectivity index (χ1n) is 11.4. The highest BCUT2D eigenvalue weighted by Crippen LogP contribution is 2.40. The minimum atomic E-state index is -4.79. The standard InChI is InChI=1S/C24H18F6N4O4/c1-10-8-33(23(37)38-10)17-5-4-13-19(35)14(22(36)32-20(11-2-3-11)24(28,29)30)9-34(21(13)31-17)18-15(26)6-12(25)7-16(18)27/h4-7,9-11,20H,2-3,8H2,1H3,(H,32,36)/t10?,20-/m0/s1. The van der Waals surface area contributed by atoms with E-state index in [-0.39, 0.29) is 30.6 Å². The molecule has 38 heavy (non-hydrogen) atoms. The fourth-order valence-electron chi connectivity index (χ4n) is 4.35. The molecule has 0 bridgehead atoms. The van der Waals surface area contributed by atoms with Gasteiger partial charge in [0.1, 0.15) is 35.0 Å². The van der Waals surface area contributed by atoms with Gasteiger partial charge in [0.2, 0.25) is 5.43 Å². The molecule has 2 aliphatic rings. The van der Waals surface area contributed by atoms with Gasteiger partial charge in [-0.25, -0.2) is 22.9 Å². The van der Waals surface area contributed by atoms with Gasteiger partial charge < -0.3 is 10.1 Å².